The first kappa shape index (κ1) is 29.4. The van der Waals surface area contributed by atoms with E-state index in [2.05, 4.69) is 51.1 Å². The number of carbonyl (C=O) groups is 2. The molecule has 1 aliphatic rings. The third-order valence-corrected chi connectivity index (χ3v) is 4.86. The lowest BCUT2D eigenvalue weighted by molar-refractivity contribution is -0.193. The highest BCUT2D eigenvalue weighted by atomic mass is 19.4. The summed E-state index contributed by atoms with van der Waals surface area (Å²) in [6, 6.07) is 12.6. The van der Waals surface area contributed by atoms with Gasteiger partial charge in [0.05, 0.1) is 18.8 Å². The third kappa shape index (κ3) is 10.3. The van der Waals surface area contributed by atoms with Crippen LogP contribution in [0.5, 0.6) is 0 Å². The van der Waals surface area contributed by atoms with Crippen molar-refractivity contribution in [2.75, 3.05) is 13.1 Å². The summed E-state index contributed by atoms with van der Waals surface area (Å²) in [7, 11) is 0. The second kappa shape index (κ2) is 12.9. The Bertz CT molecular complexity index is 1110. The van der Waals surface area contributed by atoms with Gasteiger partial charge >= 0.3 is 24.3 Å². The molecule has 0 aliphatic carbocycles. The molecule has 3 heterocycles. The monoisotopic (exact) mass is 535 g/mol. The van der Waals surface area contributed by atoms with E-state index in [4.69, 9.17) is 24.8 Å². The maximum Gasteiger partial charge on any atom is 0.490 e. The van der Waals surface area contributed by atoms with E-state index in [1.54, 1.807) is 6.20 Å². The molecule has 1 aliphatic heterocycles. The lowest BCUT2D eigenvalue weighted by Gasteiger charge is -2.27. The SMILES string of the molecule is O=C(O)C(F)(F)F.O=C(O)C(F)(F)F.c1ccc(CCN2CCn3cc(Cn4cccn4)nc3C2)cc1. The van der Waals surface area contributed by atoms with Gasteiger partial charge in [-0.3, -0.25) is 9.58 Å². The molecule has 1 aromatic carbocycles. The van der Waals surface area contributed by atoms with Crippen molar-refractivity contribution >= 4 is 11.9 Å². The average Bonchev–Trinajstić information content (AvgIpc) is 3.47. The van der Waals surface area contributed by atoms with E-state index >= 15 is 0 Å². The van der Waals surface area contributed by atoms with Crippen molar-refractivity contribution in [3.05, 3.63) is 72.1 Å². The van der Waals surface area contributed by atoms with E-state index in [1.165, 1.54) is 11.4 Å². The summed E-state index contributed by atoms with van der Waals surface area (Å²) >= 11 is 0. The van der Waals surface area contributed by atoms with Gasteiger partial charge in [0.1, 0.15) is 5.82 Å². The maximum absolute atomic E-state index is 10.6. The number of benzene rings is 1. The largest absolute Gasteiger partial charge is 0.490 e. The zero-order chi connectivity index (χ0) is 27.6. The molecule has 202 valence electrons. The fourth-order valence-corrected chi connectivity index (χ4v) is 3.12. The quantitative estimate of drug-likeness (QED) is 0.481. The predicted molar refractivity (Wildman–Crippen MR) is 116 cm³/mol. The highest BCUT2D eigenvalue weighted by Crippen LogP contribution is 2.15. The lowest BCUT2D eigenvalue weighted by atomic mass is 10.1. The minimum Gasteiger partial charge on any atom is -0.475 e. The fourth-order valence-electron chi connectivity index (χ4n) is 3.12. The summed E-state index contributed by atoms with van der Waals surface area (Å²) in [6.45, 7) is 4.89. The van der Waals surface area contributed by atoms with E-state index < -0.39 is 24.3 Å². The number of nitrogens with zero attached hydrogens (tertiary/aromatic N) is 5. The smallest absolute Gasteiger partial charge is 0.475 e. The molecule has 0 radical (unpaired) electrons. The number of alkyl halides is 6. The molecule has 37 heavy (non-hydrogen) atoms. The molecule has 0 saturated heterocycles. The first-order valence-electron chi connectivity index (χ1n) is 10.6. The Morgan fingerprint density at radius 1 is 0.919 bits per heavy atom. The van der Waals surface area contributed by atoms with Gasteiger partial charge in [-0.1, -0.05) is 30.3 Å². The van der Waals surface area contributed by atoms with E-state index in [0.29, 0.717) is 0 Å². The number of hydrogen-bond acceptors (Lipinski definition) is 5. The normalized spacial score (nSPS) is 13.5. The number of imidazole rings is 1. The van der Waals surface area contributed by atoms with E-state index in [0.717, 1.165) is 44.8 Å². The van der Waals surface area contributed by atoms with Crippen LogP contribution in [0.1, 0.15) is 17.1 Å². The molecule has 0 atom stereocenters. The molecule has 0 amide bonds. The number of aliphatic carboxylic acids is 2. The van der Waals surface area contributed by atoms with Gasteiger partial charge < -0.3 is 14.8 Å². The Kier molecular flexibility index (Phi) is 10.2. The van der Waals surface area contributed by atoms with Gasteiger partial charge in [-0.15, -0.1) is 0 Å². The molecule has 0 bridgehead atoms. The van der Waals surface area contributed by atoms with Crippen LogP contribution in [0.25, 0.3) is 0 Å². The van der Waals surface area contributed by atoms with Crippen LogP contribution in [0.15, 0.2) is 55.0 Å². The molecule has 2 N–H and O–H groups in total. The third-order valence-electron chi connectivity index (χ3n) is 4.86. The Hall–Kier alpha value is -3.88. The number of carboxylic acids is 2. The van der Waals surface area contributed by atoms with Crippen LogP contribution in [-0.4, -0.2) is 71.8 Å². The summed E-state index contributed by atoms with van der Waals surface area (Å²) in [5, 5.41) is 18.5. The molecule has 15 heteroatoms. The number of hydrogen-bond donors (Lipinski definition) is 2. The minimum atomic E-state index is -5.08. The first-order chi connectivity index (χ1) is 17.3. The topological polar surface area (TPSA) is 113 Å². The standard InChI is InChI=1S/C18H21N5.2C2HF3O2/c1-2-5-16(6-3-1)7-10-21-11-12-22-13-17(20-18(22)15-21)14-23-9-4-8-19-23;2*3-2(4,5)1(6)7/h1-6,8-9,13H,7,10-12,14-15H2;2*(H,6,7). The van der Waals surface area contributed by atoms with Crippen molar-refractivity contribution in [1.29, 1.82) is 0 Å². The number of rotatable bonds is 5. The molecule has 0 spiro atoms. The molecule has 9 nitrogen and oxygen atoms in total. The highest BCUT2D eigenvalue weighted by molar-refractivity contribution is 5.73. The molecule has 4 rings (SSSR count). The van der Waals surface area contributed by atoms with Crippen LogP contribution >= 0.6 is 0 Å². The summed E-state index contributed by atoms with van der Waals surface area (Å²) < 4.78 is 67.7. The molecular weight excluding hydrogens is 512 g/mol. The van der Waals surface area contributed by atoms with Crippen LogP contribution in [0, 0.1) is 0 Å². The summed E-state index contributed by atoms with van der Waals surface area (Å²) in [6.07, 6.45) is -3.11. The van der Waals surface area contributed by atoms with Crippen molar-refractivity contribution in [2.45, 2.75) is 38.4 Å². The van der Waals surface area contributed by atoms with Crippen molar-refractivity contribution in [2.24, 2.45) is 0 Å². The fraction of sp³-hybridized carbons (Fsp3) is 0.364. The molecule has 3 aromatic rings. The number of carboxylic acid groups (broad SMARTS) is 2. The first-order valence-corrected chi connectivity index (χ1v) is 10.6. The number of aromatic nitrogens is 4. The molecule has 2 aromatic heterocycles. The van der Waals surface area contributed by atoms with Crippen LogP contribution < -0.4 is 0 Å². The van der Waals surface area contributed by atoms with Crippen LogP contribution in [0.4, 0.5) is 26.3 Å². The van der Waals surface area contributed by atoms with Gasteiger partial charge in [0.2, 0.25) is 0 Å². The van der Waals surface area contributed by atoms with Crippen molar-refractivity contribution in [1.82, 2.24) is 24.2 Å². The van der Waals surface area contributed by atoms with Crippen molar-refractivity contribution < 1.29 is 46.1 Å². The Morgan fingerprint density at radius 2 is 1.51 bits per heavy atom. The molecule has 0 unspecified atom stereocenters. The van der Waals surface area contributed by atoms with Gasteiger partial charge in [0.25, 0.3) is 0 Å². The van der Waals surface area contributed by atoms with Crippen LogP contribution in [-0.2, 0) is 35.6 Å². The Morgan fingerprint density at radius 3 is 2.03 bits per heavy atom. The molecule has 0 saturated carbocycles. The van der Waals surface area contributed by atoms with Crippen LogP contribution in [0.2, 0.25) is 0 Å². The lowest BCUT2D eigenvalue weighted by Crippen LogP contribution is -2.35. The van der Waals surface area contributed by atoms with Gasteiger partial charge in [-0.05, 0) is 18.1 Å². The maximum atomic E-state index is 10.6. The summed E-state index contributed by atoms with van der Waals surface area (Å²) in [5.41, 5.74) is 2.49. The van der Waals surface area contributed by atoms with Gasteiger partial charge in [-0.2, -0.15) is 31.4 Å². The predicted octanol–water partition coefficient (Wildman–Crippen LogP) is 3.45. The van der Waals surface area contributed by atoms with Crippen molar-refractivity contribution in [3.8, 4) is 0 Å². The Labute approximate surface area is 206 Å². The average molecular weight is 535 g/mol. The van der Waals surface area contributed by atoms with Gasteiger partial charge in [0.15, 0.2) is 0 Å². The van der Waals surface area contributed by atoms with Gasteiger partial charge in [0, 0.05) is 38.2 Å². The molecule has 0 fully saturated rings. The number of fused-ring (bicyclic) bond motifs is 1. The van der Waals surface area contributed by atoms with E-state index in [9.17, 15) is 26.3 Å². The van der Waals surface area contributed by atoms with Gasteiger partial charge in [-0.25, -0.2) is 14.6 Å². The highest BCUT2D eigenvalue weighted by Gasteiger charge is 2.38. The summed E-state index contributed by atoms with van der Waals surface area (Å²) in [5.74, 6) is -4.34. The Balaban J connectivity index is 0.000000286. The number of halogens is 6. The van der Waals surface area contributed by atoms with Crippen LogP contribution in [0.3, 0.4) is 0 Å². The minimum absolute atomic E-state index is 0.747. The van der Waals surface area contributed by atoms with Crippen molar-refractivity contribution in [3.63, 3.8) is 0 Å². The zero-order valence-electron chi connectivity index (χ0n) is 19.2. The second-order valence-electron chi connectivity index (χ2n) is 7.66. The zero-order valence-corrected chi connectivity index (χ0v) is 19.2. The second-order valence-corrected chi connectivity index (χ2v) is 7.66. The molecular formula is C22H23F6N5O4. The van der Waals surface area contributed by atoms with E-state index in [1.807, 2.05) is 16.9 Å². The van der Waals surface area contributed by atoms with E-state index in [-0.39, 0.29) is 0 Å². The summed E-state index contributed by atoms with van der Waals surface area (Å²) in [4.78, 5) is 25.1.